The third-order valence-corrected chi connectivity index (χ3v) is 3.46. The smallest absolute Gasteiger partial charge is 0.226 e. The van der Waals surface area contributed by atoms with Gasteiger partial charge in [-0.2, -0.15) is 5.26 Å². The summed E-state index contributed by atoms with van der Waals surface area (Å²) in [6.45, 7) is 1.29. The SMILES string of the molecule is CC(=O)N(CCC(=O)Nc1ccc(C#N)cc1)c1ccc(F)c(F)c1. The van der Waals surface area contributed by atoms with Gasteiger partial charge in [0.15, 0.2) is 11.6 Å². The van der Waals surface area contributed by atoms with E-state index in [2.05, 4.69) is 5.32 Å². The van der Waals surface area contributed by atoms with Crippen molar-refractivity contribution in [3.8, 4) is 6.07 Å². The molecule has 0 heterocycles. The molecule has 0 atom stereocenters. The molecule has 0 aliphatic carbocycles. The molecule has 1 N–H and O–H groups in total. The maximum Gasteiger partial charge on any atom is 0.226 e. The third-order valence-electron chi connectivity index (χ3n) is 3.46. The first kappa shape index (κ1) is 18.1. The highest BCUT2D eigenvalue weighted by Crippen LogP contribution is 2.19. The fourth-order valence-corrected chi connectivity index (χ4v) is 2.19. The Morgan fingerprint density at radius 3 is 2.36 bits per heavy atom. The molecule has 0 aromatic heterocycles. The number of anilines is 2. The van der Waals surface area contributed by atoms with Crippen LogP contribution in [0.25, 0.3) is 0 Å². The van der Waals surface area contributed by atoms with E-state index in [0.29, 0.717) is 11.3 Å². The van der Waals surface area contributed by atoms with E-state index < -0.39 is 17.5 Å². The van der Waals surface area contributed by atoms with Gasteiger partial charge in [0.1, 0.15) is 0 Å². The Kier molecular flexibility index (Phi) is 5.79. The van der Waals surface area contributed by atoms with Crippen LogP contribution >= 0.6 is 0 Å². The standard InChI is InChI=1S/C18H15F2N3O2/c1-12(24)23(15-6-7-16(19)17(20)10-15)9-8-18(25)22-14-4-2-13(11-21)3-5-14/h2-7,10H,8-9H2,1H3,(H,22,25). The van der Waals surface area contributed by atoms with Gasteiger partial charge >= 0.3 is 0 Å². The molecule has 2 rings (SSSR count). The van der Waals surface area contributed by atoms with Crippen LogP contribution in [0.15, 0.2) is 42.5 Å². The molecule has 128 valence electrons. The van der Waals surface area contributed by atoms with Crippen molar-refractivity contribution in [3.05, 3.63) is 59.7 Å². The summed E-state index contributed by atoms with van der Waals surface area (Å²) in [7, 11) is 0. The van der Waals surface area contributed by atoms with Crippen molar-refractivity contribution < 1.29 is 18.4 Å². The summed E-state index contributed by atoms with van der Waals surface area (Å²) in [4.78, 5) is 24.9. The molecule has 0 saturated carbocycles. The van der Waals surface area contributed by atoms with Gasteiger partial charge in [-0.1, -0.05) is 0 Å². The van der Waals surface area contributed by atoms with Gasteiger partial charge in [-0.05, 0) is 36.4 Å². The summed E-state index contributed by atoms with van der Waals surface area (Å²) in [6, 6.07) is 11.4. The maximum atomic E-state index is 13.3. The average molecular weight is 343 g/mol. The second-order valence-corrected chi connectivity index (χ2v) is 5.26. The first-order valence-corrected chi connectivity index (χ1v) is 7.44. The Balaban J connectivity index is 2.00. The second-order valence-electron chi connectivity index (χ2n) is 5.26. The van der Waals surface area contributed by atoms with Crippen LogP contribution < -0.4 is 10.2 Å². The van der Waals surface area contributed by atoms with Gasteiger partial charge in [-0.15, -0.1) is 0 Å². The number of carbonyl (C=O) groups excluding carboxylic acids is 2. The molecule has 0 aliphatic heterocycles. The first-order valence-electron chi connectivity index (χ1n) is 7.44. The van der Waals surface area contributed by atoms with Gasteiger partial charge < -0.3 is 10.2 Å². The summed E-state index contributed by atoms with van der Waals surface area (Å²) in [6.07, 6.45) is -0.0292. The average Bonchev–Trinajstić information content (AvgIpc) is 2.58. The van der Waals surface area contributed by atoms with Gasteiger partial charge in [0.25, 0.3) is 0 Å². The predicted molar refractivity (Wildman–Crippen MR) is 88.8 cm³/mol. The number of nitrogens with one attached hydrogen (secondary N) is 1. The molecule has 7 heteroatoms. The second kappa shape index (κ2) is 8.02. The number of hydrogen-bond donors (Lipinski definition) is 1. The minimum absolute atomic E-state index is 0.0164. The quantitative estimate of drug-likeness (QED) is 0.906. The molecule has 0 radical (unpaired) electrons. The molecular formula is C18H15F2N3O2. The van der Waals surface area contributed by atoms with Crippen molar-refractivity contribution in [3.63, 3.8) is 0 Å². The molecule has 2 amide bonds. The van der Waals surface area contributed by atoms with Crippen LogP contribution in [0.5, 0.6) is 0 Å². The number of carbonyl (C=O) groups is 2. The van der Waals surface area contributed by atoms with Crippen molar-refractivity contribution in [1.29, 1.82) is 5.26 Å². The monoisotopic (exact) mass is 343 g/mol. The van der Waals surface area contributed by atoms with Crippen LogP contribution in [0.2, 0.25) is 0 Å². The lowest BCUT2D eigenvalue weighted by atomic mass is 10.2. The molecule has 2 aromatic carbocycles. The molecule has 2 aromatic rings. The van der Waals surface area contributed by atoms with Gasteiger partial charge in [-0.3, -0.25) is 9.59 Å². The van der Waals surface area contributed by atoms with Gasteiger partial charge in [0.2, 0.25) is 11.8 Å². The summed E-state index contributed by atoms with van der Waals surface area (Å²) in [5, 5.41) is 11.4. The molecule has 0 unspecified atom stereocenters. The lowest BCUT2D eigenvalue weighted by Gasteiger charge is -2.21. The third kappa shape index (κ3) is 4.85. The predicted octanol–water partition coefficient (Wildman–Crippen LogP) is 3.22. The zero-order valence-corrected chi connectivity index (χ0v) is 13.4. The van der Waals surface area contributed by atoms with Crippen molar-refractivity contribution in [1.82, 2.24) is 0 Å². The van der Waals surface area contributed by atoms with Gasteiger partial charge in [-0.25, -0.2) is 8.78 Å². The molecule has 25 heavy (non-hydrogen) atoms. The zero-order chi connectivity index (χ0) is 18.4. The Morgan fingerprint density at radius 2 is 1.80 bits per heavy atom. The highest BCUT2D eigenvalue weighted by atomic mass is 19.2. The van der Waals surface area contributed by atoms with E-state index in [1.165, 1.54) is 17.9 Å². The fourth-order valence-electron chi connectivity index (χ4n) is 2.19. The summed E-state index contributed by atoms with van der Waals surface area (Å²) in [5.41, 5.74) is 1.17. The van der Waals surface area contributed by atoms with Crippen molar-refractivity contribution >= 4 is 23.2 Å². The molecule has 0 fully saturated rings. The van der Waals surface area contributed by atoms with Crippen molar-refractivity contribution in [2.75, 3.05) is 16.8 Å². The van der Waals surface area contributed by atoms with E-state index in [0.717, 1.165) is 12.1 Å². The highest BCUT2D eigenvalue weighted by molar-refractivity contribution is 5.94. The summed E-state index contributed by atoms with van der Waals surface area (Å²) >= 11 is 0. The van der Waals surface area contributed by atoms with Crippen LogP contribution in [-0.2, 0) is 9.59 Å². The van der Waals surface area contributed by atoms with Crippen LogP contribution in [-0.4, -0.2) is 18.4 Å². The van der Waals surface area contributed by atoms with Crippen LogP contribution in [0.1, 0.15) is 18.9 Å². The van der Waals surface area contributed by atoms with E-state index in [4.69, 9.17) is 5.26 Å². The first-order chi connectivity index (χ1) is 11.9. The normalized spacial score (nSPS) is 10.0. The molecule has 0 spiro atoms. The Labute approximate surface area is 143 Å². The topological polar surface area (TPSA) is 73.2 Å². The lowest BCUT2D eigenvalue weighted by molar-refractivity contribution is -0.117. The Hall–Kier alpha value is -3.27. The molecule has 0 saturated heterocycles. The van der Waals surface area contributed by atoms with Crippen LogP contribution in [0.4, 0.5) is 20.2 Å². The fraction of sp³-hybridized carbons (Fsp3) is 0.167. The zero-order valence-electron chi connectivity index (χ0n) is 13.4. The number of benzene rings is 2. The van der Waals surface area contributed by atoms with E-state index in [-0.39, 0.29) is 24.6 Å². The van der Waals surface area contributed by atoms with Crippen LogP contribution in [0.3, 0.4) is 0 Å². The summed E-state index contributed by atoms with van der Waals surface area (Å²) < 4.78 is 26.3. The lowest BCUT2D eigenvalue weighted by Crippen LogP contribution is -2.32. The molecule has 0 bridgehead atoms. The number of hydrogen-bond acceptors (Lipinski definition) is 3. The Morgan fingerprint density at radius 1 is 1.12 bits per heavy atom. The maximum absolute atomic E-state index is 13.3. The Bertz CT molecular complexity index is 829. The van der Waals surface area contributed by atoms with Crippen molar-refractivity contribution in [2.24, 2.45) is 0 Å². The number of nitriles is 1. The number of rotatable bonds is 5. The van der Waals surface area contributed by atoms with Gasteiger partial charge in [0.05, 0.1) is 11.6 Å². The van der Waals surface area contributed by atoms with E-state index in [9.17, 15) is 18.4 Å². The molecular weight excluding hydrogens is 328 g/mol. The number of halogens is 2. The minimum atomic E-state index is -1.06. The van der Waals surface area contributed by atoms with E-state index >= 15 is 0 Å². The molecule has 5 nitrogen and oxygen atoms in total. The number of nitrogens with zero attached hydrogens (tertiary/aromatic N) is 2. The van der Waals surface area contributed by atoms with Crippen molar-refractivity contribution in [2.45, 2.75) is 13.3 Å². The number of amides is 2. The molecule has 0 aliphatic rings. The van der Waals surface area contributed by atoms with E-state index in [1.807, 2.05) is 6.07 Å². The summed E-state index contributed by atoms with van der Waals surface area (Å²) in [5.74, 6) is -2.81. The van der Waals surface area contributed by atoms with E-state index in [1.54, 1.807) is 24.3 Å². The largest absolute Gasteiger partial charge is 0.326 e. The highest BCUT2D eigenvalue weighted by Gasteiger charge is 2.15. The van der Waals surface area contributed by atoms with Gasteiger partial charge in [0, 0.05) is 37.3 Å². The van der Waals surface area contributed by atoms with Crippen LogP contribution in [0, 0.1) is 23.0 Å². The minimum Gasteiger partial charge on any atom is -0.326 e.